The van der Waals surface area contributed by atoms with Crippen LogP contribution in [0.5, 0.6) is 0 Å². The second kappa shape index (κ2) is 11.1. The monoisotopic (exact) mass is 357 g/mol. The van der Waals surface area contributed by atoms with Gasteiger partial charge in [0.1, 0.15) is 0 Å². The first-order valence-electron chi connectivity index (χ1n) is 7.87. The van der Waals surface area contributed by atoms with Crippen molar-refractivity contribution >= 4 is 16.1 Å². The predicted octanol–water partition coefficient (Wildman–Crippen LogP) is 4.70. The first-order chi connectivity index (χ1) is 10.0. The fourth-order valence-corrected chi connectivity index (χ4v) is 4.90. The molecule has 0 radical (unpaired) electrons. The van der Waals surface area contributed by atoms with E-state index in [1.807, 2.05) is 55.4 Å². The van der Waals surface area contributed by atoms with Crippen molar-refractivity contribution in [3.8, 4) is 0 Å². The summed E-state index contributed by atoms with van der Waals surface area (Å²) in [6.07, 6.45) is 0.444. The summed E-state index contributed by atoms with van der Waals surface area (Å²) in [4.78, 5) is 0. The molecule has 0 aromatic rings. The van der Waals surface area contributed by atoms with Gasteiger partial charge in [-0.15, -0.1) is 0 Å². The van der Waals surface area contributed by atoms with Gasteiger partial charge in [0.25, 0.3) is 0 Å². The van der Waals surface area contributed by atoms with E-state index in [4.69, 9.17) is 18.1 Å². The third-order valence-corrected chi connectivity index (χ3v) is 5.87. The van der Waals surface area contributed by atoms with Gasteiger partial charge in [-0.3, -0.25) is 9.05 Å². The van der Waals surface area contributed by atoms with E-state index in [2.05, 4.69) is 5.09 Å². The van der Waals surface area contributed by atoms with Crippen LogP contribution in [0.2, 0.25) is 0 Å². The maximum Gasteiger partial charge on any atom is 0.406 e. The van der Waals surface area contributed by atoms with Crippen LogP contribution in [-0.2, 0) is 22.7 Å². The van der Waals surface area contributed by atoms with Gasteiger partial charge in [-0.25, -0.2) is 9.65 Å². The predicted molar refractivity (Wildman–Crippen MR) is 92.3 cm³/mol. The van der Waals surface area contributed by atoms with E-state index in [0.717, 1.165) is 0 Å². The van der Waals surface area contributed by atoms with Crippen molar-refractivity contribution in [2.45, 2.75) is 79.8 Å². The molecule has 1 N–H and O–H groups in total. The molecule has 0 amide bonds. The Balaban J connectivity index is 4.51. The van der Waals surface area contributed by atoms with Crippen molar-refractivity contribution in [1.29, 1.82) is 0 Å². The van der Waals surface area contributed by atoms with E-state index in [9.17, 15) is 4.57 Å². The lowest BCUT2D eigenvalue weighted by atomic mass is 10.5. The molecule has 0 unspecified atom stereocenters. The van der Waals surface area contributed by atoms with Gasteiger partial charge in [-0.2, -0.15) is 0 Å². The van der Waals surface area contributed by atoms with E-state index >= 15 is 0 Å². The molecular weight excluding hydrogens is 324 g/mol. The van der Waals surface area contributed by atoms with E-state index in [1.165, 1.54) is 0 Å². The highest BCUT2D eigenvalue weighted by molar-refractivity contribution is 7.51. The number of hydrogen-bond acceptors (Lipinski definition) is 5. The highest BCUT2D eigenvalue weighted by Crippen LogP contribution is 2.47. The molecule has 22 heavy (non-hydrogen) atoms. The zero-order chi connectivity index (χ0) is 17.3. The number of rotatable bonds is 12. The lowest BCUT2D eigenvalue weighted by Crippen LogP contribution is -2.23. The Bertz CT molecular complexity index is 313. The fraction of sp³-hybridized carbons (Fsp3) is 1.00. The van der Waals surface area contributed by atoms with Crippen molar-refractivity contribution in [3.63, 3.8) is 0 Å². The Hall–Kier alpha value is 0.460. The van der Waals surface area contributed by atoms with Crippen LogP contribution < -0.4 is 5.09 Å². The van der Waals surface area contributed by atoms with Crippen LogP contribution in [0.3, 0.4) is 0 Å². The molecule has 0 bridgehead atoms. The minimum absolute atomic E-state index is 0.0930. The summed E-state index contributed by atoms with van der Waals surface area (Å²) >= 11 is 0. The van der Waals surface area contributed by atoms with Crippen LogP contribution >= 0.6 is 16.1 Å². The molecule has 6 nitrogen and oxygen atoms in total. The number of hydrogen-bond donors (Lipinski definition) is 1. The van der Waals surface area contributed by atoms with Crippen LogP contribution in [-0.4, -0.2) is 37.1 Å². The molecule has 0 spiro atoms. The van der Waals surface area contributed by atoms with Gasteiger partial charge in [0.2, 0.25) is 0 Å². The molecule has 8 heteroatoms. The summed E-state index contributed by atoms with van der Waals surface area (Å²) in [6, 6.07) is 0. The summed E-state index contributed by atoms with van der Waals surface area (Å²) in [5.74, 6) is 0. The van der Waals surface area contributed by atoms with Gasteiger partial charge in [0.05, 0.1) is 24.4 Å². The molecule has 134 valence electrons. The van der Waals surface area contributed by atoms with E-state index in [1.54, 1.807) is 0 Å². The summed E-state index contributed by atoms with van der Waals surface area (Å²) in [5, 5.41) is 2.90. The lowest BCUT2D eigenvalue weighted by molar-refractivity contribution is 0.136. The third kappa shape index (κ3) is 12.0. The van der Waals surface area contributed by atoms with Gasteiger partial charge in [-0.1, -0.05) is 0 Å². The van der Waals surface area contributed by atoms with Crippen molar-refractivity contribution in [3.05, 3.63) is 0 Å². The van der Waals surface area contributed by atoms with E-state index in [0.29, 0.717) is 12.7 Å². The van der Waals surface area contributed by atoms with Crippen LogP contribution in [0.1, 0.15) is 55.4 Å². The zero-order valence-corrected chi connectivity index (χ0v) is 16.9. The molecular formula is C14H33NO5P2. The van der Waals surface area contributed by atoms with Crippen LogP contribution in [0.15, 0.2) is 0 Å². The SMILES string of the molecule is CC(C)OP(CCNP(=O)(OC(C)C)OC(C)C)OC(C)C. The van der Waals surface area contributed by atoms with Gasteiger partial charge < -0.3 is 9.05 Å². The van der Waals surface area contributed by atoms with Crippen LogP contribution in [0, 0.1) is 0 Å². The Morgan fingerprint density at radius 3 is 1.55 bits per heavy atom. The molecule has 0 aliphatic heterocycles. The summed E-state index contributed by atoms with van der Waals surface area (Å²) < 4.78 is 35.0. The largest absolute Gasteiger partial charge is 0.406 e. The Morgan fingerprint density at radius 2 is 1.23 bits per heavy atom. The minimum Gasteiger partial charge on any atom is -0.331 e. The van der Waals surface area contributed by atoms with Crippen LogP contribution in [0.25, 0.3) is 0 Å². The molecule has 0 heterocycles. The Labute approximate surface area is 137 Å². The maximum absolute atomic E-state index is 12.6. The average molecular weight is 357 g/mol. The Kier molecular flexibility index (Phi) is 11.3. The highest BCUT2D eigenvalue weighted by atomic mass is 31.2. The third-order valence-electron chi connectivity index (χ3n) is 1.96. The summed E-state index contributed by atoms with van der Waals surface area (Å²) in [6.45, 7) is 15.7. The smallest absolute Gasteiger partial charge is 0.331 e. The molecule has 0 fully saturated rings. The first kappa shape index (κ1) is 22.5. The molecule has 0 aliphatic carbocycles. The molecule has 0 aliphatic rings. The van der Waals surface area contributed by atoms with Gasteiger partial charge in [-0.05, 0) is 55.4 Å². The molecule has 0 rings (SSSR count). The second-order valence-electron chi connectivity index (χ2n) is 6.08. The highest BCUT2D eigenvalue weighted by Gasteiger charge is 2.28. The van der Waals surface area contributed by atoms with Crippen molar-refractivity contribution in [2.24, 2.45) is 0 Å². The van der Waals surface area contributed by atoms with Gasteiger partial charge >= 0.3 is 7.75 Å². The fourth-order valence-electron chi connectivity index (χ4n) is 1.53. The van der Waals surface area contributed by atoms with Gasteiger partial charge in [0.15, 0.2) is 8.38 Å². The van der Waals surface area contributed by atoms with Crippen LogP contribution in [0.4, 0.5) is 0 Å². The quantitative estimate of drug-likeness (QED) is 0.511. The molecule has 0 saturated heterocycles. The van der Waals surface area contributed by atoms with E-state index < -0.39 is 16.1 Å². The molecule has 0 aromatic heterocycles. The molecule has 0 atom stereocenters. The topological polar surface area (TPSA) is 66.0 Å². The van der Waals surface area contributed by atoms with Crippen molar-refractivity contribution in [2.75, 3.05) is 12.7 Å². The standard InChI is InChI=1S/C14H33NO5P2/c1-11(2)17-21(18-12(3)4)10-9-15-22(16,19-13(5)6)20-14(7)8/h11-14H,9-10H2,1-8H3,(H,15,16). The first-order valence-corrected chi connectivity index (χ1v) is 10.8. The summed E-state index contributed by atoms with van der Waals surface area (Å²) in [7, 11) is -4.33. The molecule has 0 aromatic carbocycles. The second-order valence-corrected chi connectivity index (χ2v) is 9.35. The lowest BCUT2D eigenvalue weighted by Gasteiger charge is -2.25. The minimum atomic E-state index is -3.31. The number of nitrogens with one attached hydrogen (secondary N) is 1. The normalized spacial score (nSPS) is 13.3. The van der Waals surface area contributed by atoms with Crippen molar-refractivity contribution < 1.29 is 22.7 Å². The Morgan fingerprint density at radius 1 is 0.818 bits per heavy atom. The molecule has 0 saturated carbocycles. The van der Waals surface area contributed by atoms with E-state index in [-0.39, 0.29) is 24.4 Å². The van der Waals surface area contributed by atoms with Crippen molar-refractivity contribution in [1.82, 2.24) is 5.09 Å². The maximum atomic E-state index is 12.6. The summed E-state index contributed by atoms with van der Waals surface area (Å²) in [5.41, 5.74) is 0. The average Bonchev–Trinajstić information content (AvgIpc) is 2.23. The van der Waals surface area contributed by atoms with Gasteiger partial charge in [0, 0.05) is 12.7 Å². The zero-order valence-electron chi connectivity index (χ0n) is 15.2.